The quantitative estimate of drug-likeness (QED) is 0.373. The van der Waals surface area contributed by atoms with Crippen LogP contribution >= 0.6 is 11.6 Å². The summed E-state index contributed by atoms with van der Waals surface area (Å²) in [4.78, 5) is 28.7. The summed E-state index contributed by atoms with van der Waals surface area (Å²) in [5.41, 5.74) is 0.975. The van der Waals surface area contributed by atoms with E-state index in [0.29, 0.717) is 5.75 Å². The Balaban J connectivity index is 1.51. The molecule has 0 aromatic heterocycles. The Hall–Kier alpha value is -3.98. The van der Waals surface area contributed by atoms with Crippen molar-refractivity contribution >= 4 is 34.6 Å². The zero-order chi connectivity index (χ0) is 23.5. The number of para-hydroxylation sites is 1. The number of halogens is 2. The van der Waals surface area contributed by atoms with Gasteiger partial charge in [0.25, 0.3) is 11.6 Å². The van der Waals surface area contributed by atoms with Crippen molar-refractivity contribution in [2.45, 2.75) is 19.4 Å². The topological polar surface area (TPSA) is 103 Å². The van der Waals surface area contributed by atoms with Crippen LogP contribution < -0.4 is 10.1 Å². The van der Waals surface area contributed by atoms with Gasteiger partial charge in [-0.1, -0.05) is 41.0 Å². The molecule has 3 aromatic carbocycles. The Morgan fingerprint density at radius 2 is 2.03 bits per heavy atom. The first-order valence-electron chi connectivity index (χ1n) is 9.82. The van der Waals surface area contributed by atoms with Gasteiger partial charge in [0, 0.05) is 18.6 Å². The van der Waals surface area contributed by atoms with E-state index in [-0.39, 0.29) is 39.8 Å². The second-order valence-corrected chi connectivity index (χ2v) is 7.67. The Morgan fingerprint density at radius 1 is 1.24 bits per heavy atom. The lowest BCUT2D eigenvalue weighted by atomic mass is 10.0. The van der Waals surface area contributed by atoms with Crippen molar-refractivity contribution in [3.8, 4) is 11.5 Å². The van der Waals surface area contributed by atoms with Crippen LogP contribution in [0.3, 0.4) is 0 Å². The van der Waals surface area contributed by atoms with E-state index in [1.165, 1.54) is 36.4 Å². The molecule has 1 aliphatic rings. The molecule has 0 radical (unpaired) electrons. The number of nitrogens with one attached hydrogen (secondary N) is 1. The van der Waals surface area contributed by atoms with Crippen LogP contribution in [-0.4, -0.2) is 22.6 Å². The molecule has 10 heteroatoms. The van der Waals surface area contributed by atoms with Gasteiger partial charge in [0.2, 0.25) is 6.10 Å². The van der Waals surface area contributed by atoms with Crippen LogP contribution in [0, 0.1) is 22.9 Å². The fourth-order valence-corrected chi connectivity index (χ4v) is 3.55. The molecule has 1 amide bonds. The van der Waals surface area contributed by atoms with Crippen molar-refractivity contribution in [3.63, 3.8) is 0 Å². The molecule has 1 atom stereocenters. The molecule has 0 fully saturated rings. The number of nitrogens with zero attached hydrogens (tertiary/aromatic N) is 2. The van der Waals surface area contributed by atoms with Crippen LogP contribution in [0.4, 0.5) is 15.8 Å². The second-order valence-electron chi connectivity index (χ2n) is 7.26. The minimum absolute atomic E-state index is 0.0199. The lowest BCUT2D eigenvalue weighted by Gasteiger charge is -2.12. The number of rotatable bonds is 6. The number of anilines is 1. The third kappa shape index (κ3) is 4.93. The minimum atomic E-state index is -1.06. The number of carbonyl (C=O) groups is 1. The third-order valence-electron chi connectivity index (χ3n) is 4.90. The number of ether oxygens (including phenoxy) is 1. The molecule has 1 unspecified atom stereocenters. The van der Waals surface area contributed by atoms with Gasteiger partial charge in [0.1, 0.15) is 17.3 Å². The number of oxime groups is 1. The molecule has 0 saturated heterocycles. The Labute approximate surface area is 192 Å². The van der Waals surface area contributed by atoms with Gasteiger partial charge >= 0.3 is 0 Å². The van der Waals surface area contributed by atoms with E-state index < -0.39 is 22.8 Å². The predicted octanol–water partition coefficient (Wildman–Crippen LogP) is 5.62. The number of nitro groups is 1. The number of hydrogen-bond donors (Lipinski definition) is 1. The highest BCUT2D eigenvalue weighted by atomic mass is 35.5. The maximum atomic E-state index is 14.2. The van der Waals surface area contributed by atoms with E-state index in [9.17, 15) is 19.3 Å². The van der Waals surface area contributed by atoms with Gasteiger partial charge in [0.05, 0.1) is 33.0 Å². The highest BCUT2D eigenvalue weighted by Gasteiger charge is 2.31. The van der Waals surface area contributed by atoms with E-state index in [2.05, 4.69) is 10.5 Å². The molecule has 4 rings (SSSR count). The SMILES string of the molecule is Cc1ccccc1Oc1cc(NC(=O)C2CC(c3c(F)cccc3Cl)=NO2)cc([N+](=O)[O-])c1. The molecule has 0 aliphatic carbocycles. The van der Waals surface area contributed by atoms with Crippen LogP contribution in [0.15, 0.2) is 65.8 Å². The Bertz CT molecular complexity index is 1260. The number of nitro benzene ring substituents is 1. The van der Waals surface area contributed by atoms with Gasteiger partial charge in [-0.25, -0.2) is 4.39 Å². The second kappa shape index (κ2) is 9.25. The summed E-state index contributed by atoms with van der Waals surface area (Å²) in [7, 11) is 0. The average Bonchev–Trinajstić information content (AvgIpc) is 3.25. The largest absolute Gasteiger partial charge is 0.457 e. The fraction of sp³-hybridized carbons (Fsp3) is 0.130. The zero-order valence-electron chi connectivity index (χ0n) is 17.2. The van der Waals surface area contributed by atoms with Crippen LogP contribution in [0.25, 0.3) is 0 Å². The first-order valence-corrected chi connectivity index (χ1v) is 10.2. The molecular formula is C23H17ClFN3O5. The van der Waals surface area contributed by atoms with Gasteiger partial charge in [-0.15, -0.1) is 0 Å². The molecule has 3 aromatic rings. The van der Waals surface area contributed by atoms with E-state index in [4.69, 9.17) is 21.2 Å². The van der Waals surface area contributed by atoms with Crippen molar-refractivity contribution < 1.29 is 23.7 Å². The van der Waals surface area contributed by atoms with Crippen molar-refractivity contribution in [3.05, 3.63) is 92.7 Å². The number of aryl methyl sites for hydroxylation is 1. The van der Waals surface area contributed by atoms with Gasteiger partial charge in [-0.2, -0.15) is 0 Å². The summed E-state index contributed by atoms with van der Waals surface area (Å²) < 4.78 is 19.9. The molecule has 0 bridgehead atoms. The van der Waals surface area contributed by atoms with Crippen molar-refractivity contribution in [1.82, 2.24) is 0 Å². The summed E-state index contributed by atoms with van der Waals surface area (Å²) in [6, 6.07) is 15.3. The van der Waals surface area contributed by atoms with Gasteiger partial charge < -0.3 is 14.9 Å². The van der Waals surface area contributed by atoms with Crippen LogP contribution in [0.5, 0.6) is 11.5 Å². The molecule has 1 heterocycles. The maximum Gasteiger partial charge on any atom is 0.275 e. The highest BCUT2D eigenvalue weighted by Crippen LogP contribution is 2.32. The molecular weight excluding hydrogens is 453 g/mol. The molecule has 33 heavy (non-hydrogen) atoms. The number of amides is 1. The fourth-order valence-electron chi connectivity index (χ4n) is 3.28. The van der Waals surface area contributed by atoms with E-state index in [0.717, 1.165) is 5.56 Å². The molecule has 8 nitrogen and oxygen atoms in total. The summed E-state index contributed by atoms with van der Waals surface area (Å²) in [6.45, 7) is 1.84. The summed E-state index contributed by atoms with van der Waals surface area (Å²) in [6.07, 6.45) is -1.08. The van der Waals surface area contributed by atoms with Gasteiger partial charge in [0.15, 0.2) is 0 Å². The first kappa shape index (κ1) is 22.2. The van der Waals surface area contributed by atoms with Crippen molar-refractivity contribution in [2.24, 2.45) is 5.16 Å². The smallest absolute Gasteiger partial charge is 0.275 e. The molecule has 1 aliphatic heterocycles. The van der Waals surface area contributed by atoms with E-state index in [1.807, 2.05) is 19.1 Å². The number of carbonyl (C=O) groups excluding carboxylic acids is 1. The minimum Gasteiger partial charge on any atom is -0.457 e. The normalized spacial score (nSPS) is 14.9. The molecule has 1 N–H and O–H groups in total. The highest BCUT2D eigenvalue weighted by molar-refractivity contribution is 6.34. The van der Waals surface area contributed by atoms with Crippen molar-refractivity contribution in [1.29, 1.82) is 0 Å². The third-order valence-corrected chi connectivity index (χ3v) is 5.22. The predicted molar refractivity (Wildman–Crippen MR) is 120 cm³/mol. The zero-order valence-corrected chi connectivity index (χ0v) is 18.0. The molecule has 0 saturated carbocycles. The average molecular weight is 470 g/mol. The molecule has 0 spiro atoms. The lowest BCUT2D eigenvalue weighted by Crippen LogP contribution is -2.28. The lowest BCUT2D eigenvalue weighted by molar-refractivity contribution is -0.384. The van der Waals surface area contributed by atoms with Gasteiger partial charge in [-0.05, 0) is 30.7 Å². The summed E-state index contributed by atoms with van der Waals surface area (Å²) >= 11 is 6.05. The van der Waals surface area contributed by atoms with Crippen molar-refractivity contribution in [2.75, 3.05) is 5.32 Å². The van der Waals surface area contributed by atoms with E-state index in [1.54, 1.807) is 12.1 Å². The number of benzene rings is 3. The first-order chi connectivity index (χ1) is 15.8. The molecule has 168 valence electrons. The van der Waals surface area contributed by atoms with E-state index >= 15 is 0 Å². The summed E-state index contributed by atoms with van der Waals surface area (Å²) in [5, 5.41) is 17.9. The van der Waals surface area contributed by atoms with Crippen LogP contribution in [0.1, 0.15) is 17.5 Å². The number of non-ortho nitro benzene ring substituents is 1. The van der Waals surface area contributed by atoms with Crippen LogP contribution in [-0.2, 0) is 9.63 Å². The number of hydrogen-bond acceptors (Lipinski definition) is 6. The van der Waals surface area contributed by atoms with Crippen LogP contribution in [0.2, 0.25) is 5.02 Å². The Kier molecular flexibility index (Phi) is 6.23. The monoisotopic (exact) mass is 469 g/mol. The standard InChI is InChI=1S/C23H17ClFN3O5/c1-13-5-2-3-8-20(13)32-16-10-14(9-15(11-16)28(30)31)26-23(29)21-12-19(27-33-21)22-17(24)6-4-7-18(22)25/h2-11,21H,12H2,1H3,(H,26,29). The summed E-state index contributed by atoms with van der Waals surface area (Å²) in [5.74, 6) is -0.489. The maximum absolute atomic E-state index is 14.2. The Morgan fingerprint density at radius 3 is 2.76 bits per heavy atom. The van der Waals surface area contributed by atoms with Gasteiger partial charge in [-0.3, -0.25) is 14.9 Å².